The molecule has 1 aromatic rings. The van der Waals surface area contributed by atoms with Crippen LogP contribution in [-0.2, 0) is 6.54 Å². The van der Waals surface area contributed by atoms with Crippen molar-refractivity contribution in [2.45, 2.75) is 33.2 Å². The van der Waals surface area contributed by atoms with Gasteiger partial charge in [0.1, 0.15) is 0 Å². The minimum absolute atomic E-state index is 0.143. The zero-order valence-corrected chi connectivity index (χ0v) is 9.60. The van der Waals surface area contributed by atoms with Crippen molar-refractivity contribution in [3.8, 4) is 0 Å². The predicted octanol–water partition coefficient (Wildman–Crippen LogP) is 1.05. The van der Waals surface area contributed by atoms with Crippen LogP contribution in [0.5, 0.6) is 0 Å². The third kappa shape index (κ3) is 2.42. The lowest BCUT2D eigenvalue weighted by atomic mass is 10.2. The number of hydrogen-bond donors (Lipinski definition) is 2. The molecule has 0 radical (unpaired) electrons. The second-order valence-electron chi connectivity index (χ2n) is 3.68. The van der Waals surface area contributed by atoms with Gasteiger partial charge in [0.2, 0.25) is 0 Å². The fraction of sp³-hybridized carbons (Fsp3) is 0.455. The first-order chi connectivity index (χ1) is 7.61. The zero-order chi connectivity index (χ0) is 12.1. The Balaban J connectivity index is 3.22. The number of unbranched alkanes of at least 4 members (excludes halogenated alkanes) is 1. The molecule has 0 atom stereocenters. The number of amidine groups is 1. The Kier molecular flexibility index (Phi) is 4.10. The summed E-state index contributed by atoms with van der Waals surface area (Å²) in [4.78, 5) is 12.0. The molecule has 1 heterocycles. The van der Waals surface area contributed by atoms with E-state index >= 15 is 0 Å². The predicted molar refractivity (Wildman–Crippen MR) is 62.9 cm³/mol. The quantitative estimate of drug-likeness (QED) is 0.346. The van der Waals surface area contributed by atoms with Gasteiger partial charge in [0.05, 0.1) is 5.56 Å². The lowest BCUT2D eigenvalue weighted by molar-refractivity contribution is 0.318. The van der Waals surface area contributed by atoms with Crippen LogP contribution in [0.15, 0.2) is 22.1 Å². The summed E-state index contributed by atoms with van der Waals surface area (Å²) in [5.41, 5.74) is 6.35. The Morgan fingerprint density at radius 2 is 2.25 bits per heavy atom. The van der Waals surface area contributed by atoms with Crippen LogP contribution in [0.3, 0.4) is 0 Å². The van der Waals surface area contributed by atoms with Gasteiger partial charge in [-0.3, -0.25) is 4.79 Å². The second-order valence-corrected chi connectivity index (χ2v) is 3.68. The molecule has 0 saturated carbocycles. The molecule has 0 aliphatic heterocycles. The molecular formula is C11H17N3O2. The van der Waals surface area contributed by atoms with Crippen LogP contribution in [0, 0.1) is 6.92 Å². The summed E-state index contributed by atoms with van der Waals surface area (Å²) in [7, 11) is 0. The number of nitrogens with zero attached hydrogens (tertiary/aromatic N) is 2. The first-order valence-electron chi connectivity index (χ1n) is 5.30. The van der Waals surface area contributed by atoms with E-state index in [0.717, 1.165) is 18.5 Å². The zero-order valence-electron chi connectivity index (χ0n) is 9.60. The van der Waals surface area contributed by atoms with E-state index in [0.29, 0.717) is 6.54 Å². The number of oxime groups is 1. The molecule has 0 spiro atoms. The summed E-state index contributed by atoms with van der Waals surface area (Å²) in [5.74, 6) is -0.143. The van der Waals surface area contributed by atoms with Crippen molar-refractivity contribution in [1.82, 2.24) is 4.57 Å². The molecule has 0 aromatic carbocycles. The molecular weight excluding hydrogens is 206 g/mol. The highest BCUT2D eigenvalue weighted by Gasteiger charge is 2.09. The highest BCUT2D eigenvalue weighted by Crippen LogP contribution is 2.01. The van der Waals surface area contributed by atoms with E-state index in [9.17, 15) is 4.79 Å². The minimum Gasteiger partial charge on any atom is -0.409 e. The molecule has 0 saturated heterocycles. The van der Waals surface area contributed by atoms with Gasteiger partial charge >= 0.3 is 0 Å². The molecule has 1 rings (SSSR count). The second kappa shape index (κ2) is 5.34. The molecule has 1 aromatic heterocycles. The summed E-state index contributed by atoms with van der Waals surface area (Å²) in [6.07, 6.45) is 1.94. The van der Waals surface area contributed by atoms with Crippen LogP contribution in [0.25, 0.3) is 0 Å². The summed E-state index contributed by atoms with van der Waals surface area (Å²) < 4.78 is 1.65. The van der Waals surface area contributed by atoms with Crippen LogP contribution in [0.2, 0.25) is 0 Å². The van der Waals surface area contributed by atoms with Gasteiger partial charge in [0, 0.05) is 12.2 Å². The maximum atomic E-state index is 12.0. The van der Waals surface area contributed by atoms with Crippen molar-refractivity contribution in [2.75, 3.05) is 0 Å². The number of pyridine rings is 1. The monoisotopic (exact) mass is 223 g/mol. The number of hydrogen-bond acceptors (Lipinski definition) is 3. The first-order valence-corrected chi connectivity index (χ1v) is 5.30. The maximum Gasteiger partial charge on any atom is 0.261 e. The molecule has 5 nitrogen and oxygen atoms in total. The average molecular weight is 223 g/mol. The summed E-state index contributed by atoms with van der Waals surface area (Å²) in [6.45, 7) is 4.59. The lowest BCUT2D eigenvalue weighted by Gasteiger charge is -2.10. The van der Waals surface area contributed by atoms with E-state index in [1.165, 1.54) is 0 Å². The largest absolute Gasteiger partial charge is 0.409 e. The van der Waals surface area contributed by atoms with Crippen LogP contribution in [0.1, 0.15) is 31.0 Å². The standard InChI is InChI=1S/C11H17N3O2/c1-3-4-7-14-8(2)5-6-9(11(14)15)10(12)13-16/h5-6,16H,3-4,7H2,1-2H3,(H2,12,13). The number of rotatable bonds is 4. The topological polar surface area (TPSA) is 80.6 Å². The summed E-state index contributed by atoms with van der Waals surface area (Å²) in [5, 5.41) is 11.4. The highest BCUT2D eigenvalue weighted by molar-refractivity contribution is 5.96. The van der Waals surface area contributed by atoms with Gasteiger partial charge in [0.25, 0.3) is 5.56 Å². The molecule has 16 heavy (non-hydrogen) atoms. The Morgan fingerprint density at radius 1 is 1.56 bits per heavy atom. The Labute approximate surface area is 94.2 Å². The van der Waals surface area contributed by atoms with Crippen molar-refractivity contribution in [3.05, 3.63) is 33.7 Å². The van der Waals surface area contributed by atoms with Crippen LogP contribution < -0.4 is 11.3 Å². The molecule has 0 bridgehead atoms. The van der Waals surface area contributed by atoms with Crippen LogP contribution >= 0.6 is 0 Å². The van der Waals surface area contributed by atoms with Crippen molar-refractivity contribution in [2.24, 2.45) is 10.9 Å². The molecule has 0 aliphatic rings. The van der Waals surface area contributed by atoms with Crippen molar-refractivity contribution in [1.29, 1.82) is 0 Å². The van der Waals surface area contributed by atoms with E-state index in [1.807, 2.05) is 6.92 Å². The maximum absolute atomic E-state index is 12.0. The fourth-order valence-corrected chi connectivity index (χ4v) is 1.51. The van der Waals surface area contributed by atoms with E-state index in [4.69, 9.17) is 10.9 Å². The van der Waals surface area contributed by atoms with E-state index in [2.05, 4.69) is 12.1 Å². The lowest BCUT2D eigenvalue weighted by Crippen LogP contribution is -2.31. The highest BCUT2D eigenvalue weighted by atomic mass is 16.4. The van der Waals surface area contributed by atoms with Crippen molar-refractivity contribution < 1.29 is 5.21 Å². The van der Waals surface area contributed by atoms with Gasteiger partial charge in [-0.2, -0.15) is 0 Å². The van der Waals surface area contributed by atoms with Gasteiger partial charge < -0.3 is 15.5 Å². The van der Waals surface area contributed by atoms with E-state index in [-0.39, 0.29) is 17.0 Å². The minimum atomic E-state index is -0.205. The van der Waals surface area contributed by atoms with Crippen LogP contribution in [-0.4, -0.2) is 15.6 Å². The Hall–Kier alpha value is -1.78. The number of aromatic nitrogens is 1. The number of aryl methyl sites for hydroxylation is 1. The fourth-order valence-electron chi connectivity index (χ4n) is 1.51. The van der Waals surface area contributed by atoms with E-state index < -0.39 is 0 Å². The summed E-state index contributed by atoms with van der Waals surface area (Å²) >= 11 is 0. The van der Waals surface area contributed by atoms with Gasteiger partial charge in [-0.05, 0) is 25.5 Å². The van der Waals surface area contributed by atoms with Crippen molar-refractivity contribution >= 4 is 5.84 Å². The van der Waals surface area contributed by atoms with E-state index in [1.54, 1.807) is 16.7 Å². The van der Waals surface area contributed by atoms with Gasteiger partial charge in [-0.1, -0.05) is 18.5 Å². The summed E-state index contributed by atoms with van der Waals surface area (Å²) in [6, 6.07) is 3.37. The molecule has 0 amide bonds. The Bertz CT molecular complexity index is 449. The molecule has 5 heteroatoms. The van der Waals surface area contributed by atoms with Crippen molar-refractivity contribution in [3.63, 3.8) is 0 Å². The third-order valence-corrected chi connectivity index (χ3v) is 2.51. The normalized spacial score (nSPS) is 11.8. The molecule has 0 unspecified atom stereocenters. The average Bonchev–Trinajstić information content (AvgIpc) is 2.28. The molecule has 0 aliphatic carbocycles. The third-order valence-electron chi connectivity index (χ3n) is 2.51. The smallest absolute Gasteiger partial charge is 0.261 e. The molecule has 88 valence electrons. The first kappa shape index (κ1) is 12.3. The molecule has 3 N–H and O–H groups in total. The SMILES string of the molecule is CCCCn1c(C)ccc(/C(N)=N\O)c1=O. The van der Waals surface area contributed by atoms with Crippen LogP contribution in [0.4, 0.5) is 0 Å². The van der Waals surface area contributed by atoms with Gasteiger partial charge in [0.15, 0.2) is 5.84 Å². The molecule has 0 fully saturated rings. The van der Waals surface area contributed by atoms with Gasteiger partial charge in [-0.25, -0.2) is 0 Å². The Morgan fingerprint density at radius 3 is 2.81 bits per heavy atom. The van der Waals surface area contributed by atoms with Gasteiger partial charge in [-0.15, -0.1) is 0 Å². The number of nitrogens with two attached hydrogens (primary N) is 1.